The summed E-state index contributed by atoms with van der Waals surface area (Å²) in [5.74, 6) is 0.312. The van der Waals surface area contributed by atoms with Crippen LogP contribution in [-0.4, -0.2) is 35.9 Å². The van der Waals surface area contributed by atoms with Crippen LogP contribution in [0.1, 0.15) is 29.2 Å². The third kappa shape index (κ3) is 3.66. The second kappa shape index (κ2) is 7.40. The summed E-state index contributed by atoms with van der Waals surface area (Å²) in [5.41, 5.74) is 8.86. The van der Waals surface area contributed by atoms with Gasteiger partial charge in [0.15, 0.2) is 0 Å². The molecule has 3 N–H and O–H groups in total. The molecule has 4 rings (SSSR count). The Morgan fingerprint density at radius 2 is 1.85 bits per heavy atom. The number of hydrogen-bond acceptors (Lipinski definition) is 4. The molecule has 2 amide bonds. The van der Waals surface area contributed by atoms with Gasteiger partial charge in [-0.15, -0.1) is 0 Å². The molecule has 0 unspecified atom stereocenters. The Labute approximate surface area is 158 Å². The molecule has 2 aromatic rings. The zero-order valence-electron chi connectivity index (χ0n) is 15.1. The molecule has 2 aromatic carbocycles. The van der Waals surface area contributed by atoms with E-state index in [0.29, 0.717) is 19.6 Å². The molecule has 140 valence electrons. The van der Waals surface area contributed by atoms with Gasteiger partial charge < -0.3 is 15.8 Å². The molecule has 0 spiro atoms. The first-order valence-corrected chi connectivity index (χ1v) is 9.23. The van der Waals surface area contributed by atoms with Crippen molar-refractivity contribution in [3.05, 3.63) is 65.2 Å². The van der Waals surface area contributed by atoms with Crippen LogP contribution in [0, 0.1) is 0 Å². The van der Waals surface area contributed by atoms with Gasteiger partial charge in [0.25, 0.3) is 0 Å². The van der Waals surface area contributed by atoms with Gasteiger partial charge >= 0.3 is 0 Å². The Bertz CT molecular complexity index is 867. The molecule has 0 aromatic heterocycles. The number of fused-ring (bicyclic) bond motifs is 2. The van der Waals surface area contributed by atoms with Gasteiger partial charge in [-0.2, -0.15) is 0 Å². The molecule has 0 saturated heterocycles. The standard InChI is InChI=1S/C21H23N3O3/c22-21(26)18-11-14-5-1-2-6-15(14)12-24(18)13-20(25)23-17-9-10-27-19-8-4-3-7-16(17)19/h1-8,17-18H,9-13H2,(H2,22,26)(H,23,25)/t17-,18-/m1/s1. The number of carbonyl (C=O) groups is 2. The fraction of sp³-hybridized carbons (Fsp3) is 0.333. The van der Waals surface area contributed by atoms with Crippen LogP contribution in [0.5, 0.6) is 5.75 Å². The van der Waals surface area contributed by atoms with Gasteiger partial charge in [-0.25, -0.2) is 0 Å². The average Bonchev–Trinajstić information content (AvgIpc) is 2.67. The van der Waals surface area contributed by atoms with Crippen LogP contribution in [0.2, 0.25) is 0 Å². The predicted molar refractivity (Wildman–Crippen MR) is 101 cm³/mol. The van der Waals surface area contributed by atoms with Gasteiger partial charge in [0.05, 0.1) is 25.2 Å². The number of nitrogens with one attached hydrogen (secondary N) is 1. The van der Waals surface area contributed by atoms with Crippen molar-refractivity contribution in [3.8, 4) is 5.75 Å². The van der Waals surface area contributed by atoms with Crippen molar-refractivity contribution in [2.75, 3.05) is 13.2 Å². The highest BCUT2D eigenvalue weighted by Gasteiger charge is 2.32. The summed E-state index contributed by atoms with van der Waals surface area (Å²) in [6, 6.07) is 15.2. The molecule has 0 saturated carbocycles. The van der Waals surface area contributed by atoms with Gasteiger partial charge in [-0.3, -0.25) is 14.5 Å². The lowest BCUT2D eigenvalue weighted by atomic mass is 9.93. The highest BCUT2D eigenvalue weighted by atomic mass is 16.5. The van der Waals surface area contributed by atoms with E-state index in [9.17, 15) is 9.59 Å². The number of carbonyl (C=O) groups excluding carboxylic acids is 2. The molecular formula is C21H23N3O3. The summed E-state index contributed by atoms with van der Waals surface area (Å²) in [6.45, 7) is 1.26. The van der Waals surface area contributed by atoms with Gasteiger partial charge in [0, 0.05) is 18.5 Å². The molecular weight excluding hydrogens is 342 g/mol. The van der Waals surface area contributed by atoms with E-state index in [1.807, 2.05) is 53.4 Å². The van der Waals surface area contributed by atoms with Gasteiger partial charge in [0.1, 0.15) is 5.75 Å². The van der Waals surface area contributed by atoms with Crippen molar-refractivity contribution < 1.29 is 14.3 Å². The van der Waals surface area contributed by atoms with Crippen LogP contribution in [-0.2, 0) is 22.6 Å². The highest BCUT2D eigenvalue weighted by Crippen LogP contribution is 2.31. The lowest BCUT2D eigenvalue weighted by molar-refractivity contribution is -0.128. The summed E-state index contributed by atoms with van der Waals surface area (Å²) < 4.78 is 5.65. The van der Waals surface area contributed by atoms with Gasteiger partial charge in [0.2, 0.25) is 11.8 Å². The van der Waals surface area contributed by atoms with Crippen molar-refractivity contribution in [2.24, 2.45) is 5.73 Å². The third-order valence-electron chi connectivity index (χ3n) is 5.31. The Morgan fingerprint density at radius 3 is 2.67 bits per heavy atom. The predicted octanol–water partition coefficient (Wildman–Crippen LogP) is 1.54. The lowest BCUT2D eigenvalue weighted by Crippen LogP contribution is -2.52. The van der Waals surface area contributed by atoms with Crippen LogP contribution in [0.15, 0.2) is 48.5 Å². The van der Waals surface area contributed by atoms with E-state index < -0.39 is 11.9 Å². The number of para-hydroxylation sites is 1. The van der Waals surface area contributed by atoms with E-state index in [-0.39, 0.29) is 18.5 Å². The number of benzene rings is 2. The Balaban J connectivity index is 1.47. The molecule has 0 bridgehead atoms. The number of hydrogen-bond donors (Lipinski definition) is 2. The number of primary amides is 1. The van der Waals surface area contributed by atoms with Crippen molar-refractivity contribution >= 4 is 11.8 Å². The Morgan fingerprint density at radius 1 is 1.11 bits per heavy atom. The van der Waals surface area contributed by atoms with Crippen LogP contribution in [0.25, 0.3) is 0 Å². The summed E-state index contributed by atoms with van der Waals surface area (Å²) in [5, 5.41) is 3.09. The molecule has 2 aliphatic heterocycles. The van der Waals surface area contributed by atoms with E-state index in [4.69, 9.17) is 10.5 Å². The topological polar surface area (TPSA) is 84.7 Å². The number of rotatable bonds is 4. The lowest BCUT2D eigenvalue weighted by Gasteiger charge is -2.35. The number of amides is 2. The SMILES string of the molecule is NC(=O)[C@H]1Cc2ccccc2CN1CC(=O)N[C@@H]1CCOc2ccccc21. The first-order chi connectivity index (χ1) is 13.1. The number of nitrogens with two attached hydrogens (primary N) is 1. The zero-order chi connectivity index (χ0) is 18.8. The van der Waals surface area contributed by atoms with Crippen molar-refractivity contribution in [3.63, 3.8) is 0 Å². The fourth-order valence-corrected chi connectivity index (χ4v) is 3.94. The molecule has 0 fully saturated rings. The van der Waals surface area contributed by atoms with Crippen molar-refractivity contribution in [1.82, 2.24) is 10.2 Å². The molecule has 2 atom stereocenters. The minimum atomic E-state index is -0.465. The van der Waals surface area contributed by atoms with E-state index >= 15 is 0 Å². The van der Waals surface area contributed by atoms with Gasteiger partial charge in [-0.05, 0) is 23.6 Å². The quantitative estimate of drug-likeness (QED) is 0.861. The van der Waals surface area contributed by atoms with Crippen LogP contribution in [0.4, 0.5) is 0 Å². The van der Waals surface area contributed by atoms with E-state index in [1.54, 1.807) is 0 Å². The molecule has 2 aliphatic rings. The Kier molecular flexibility index (Phi) is 4.81. The largest absolute Gasteiger partial charge is 0.493 e. The second-order valence-corrected chi connectivity index (χ2v) is 7.09. The van der Waals surface area contributed by atoms with E-state index in [1.165, 1.54) is 0 Å². The average molecular weight is 365 g/mol. The smallest absolute Gasteiger partial charge is 0.235 e. The van der Waals surface area contributed by atoms with Gasteiger partial charge in [-0.1, -0.05) is 42.5 Å². The van der Waals surface area contributed by atoms with E-state index in [2.05, 4.69) is 5.32 Å². The zero-order valence-corrected chi connectivity index (χ0v) is 15.1. The van der Waals surface area contributed by atoms with Crippen LogP contribution in [0.3, 0.4) is 0 Å². The molecule has 27 heavy (non-hydrogen) atoms. The maximum Gasteiger partial charge on any atom is 0.235 e. The first-order valence-electron chi connectivity index (χ1n) is 9.23. The highest BCUT2D eigenvalue weighted by molar-refractivity contribution is 5.83. The Hall–Kier alpha value is -2.86. The minimum Gasteiger partial charge on any atom is -0.493 e. The number of ether oxygens (including phenoxy) is 1. The maximum absolute atomic E-state index is 12.7. The minimum absolute atomic E-state index is 0.0773. The fourth-order valence-electron chi connectivity index (χ4n) is 3.94. The molecule has 6 heteroatoms. The molecule has 6 nitrogen and oxygen atoms in total. The molecule has 2 heterocycles. The van der Waals surface area contributed by atoms with Crippen molar-refractivity contribution in [2.45, 2.75) is 31.5 Å². The van der Waals surface area contributed by atoms with Crippen molar-refractivity contribution in [1.29, 1.82) is 0 Å². The second-order valence-electron chi connectivity index (χ2n) is 7.09. The normalized spacial score (nSPS) is 21.5. The third-order valence-corrected chi connectivity index (χ3v) is 5.31. The van der Waals surface area contributed by atoms with E-state index in [0.717, 1.165) is 28.9 Å². The monoisotopic (exact) mass is 365 g/mol. The first kappa shape index (κ1) is 17.5. The summed E-state index contributed by atoms with van der Waals surface area (Å²) >= 11 is 0. The summed E-state index contributed by atoms with van der Waals surface area (Å²) in [6.07, 6.45) is 1.27. The molecule has 0 radical (unpaired) electrons. The maximum atomic E-state index is 12.7. The summed E-state index contributed by atoms with van der Waals surface area (Å²) in [7, 11) is 0. The number of nitrogens with zero attached hydrogens (tertiary/aromatic N) is 1. The van der Waals surface area contributed by atoms with Crippen LogP contribution < -0.4 is 15.8 Å². The molecule has 0 aliphatic carbocycles. The van der Waals surface area contributed by atoms with Crippen LogP contribution >= 0.6 is 0 Å². The summed E-state index contributed by atoms with van der Waals surface area (Å²) in [4.78, 5) is 26.5.